The Labute approximate surface area is 129 Å². The molecule has 0 amide bonds. The van der Waals surface area contributed by atoms with Crippen LogP contribution in [0.25, 0.3) is 0 Å². The number of para-hydroxylation sites is 2. The van der Waals surface area contributed by atoms with Crippen LogP contribution in [0.2, 0.25) is 0 Å². The van der Waals surface area contributed by atoms with Gasteiger partial charge in [-0.05, 0) is 31.2 Å². The van der Waals surface area contributed by atoms with E-state index in [0.717, 1.165) is 6.26 Å². The molecule has 1 unspecified atom stereocenters. The van der Waals surface area contributed by atoms with Crippen LogP contribution in [0.15, 0.2) is 53.4 Å². The van der Waals surface area contributed by atoms with Crippen LogP contribution in [0, 0.1) is 5.82 Å². The first kappa shape index (κ1) is 16.3. The fourth-order valence-corrected chi connectivity index (χ4v) is 2.85. The smallest absolute Gasteiger partial charge is 0.177 e. The topological polar surface area (TPSA) is 55.4 Å². The number of ether oxygens (including phenoxy) is 1. The minimum absolute atomic E-state index is 0.174. The summed E-state index contributed by atoms with van der Waals surface area (Å²) in [5, 5.41) is 3.03. The fraction of sp³-hybridized carbons (Fsp3) is 0.250. The monoisotopic (exact) mass is 323 g/mol. The molecule has 0 bridgehead atoms. The van der Waals surface area contributed by atoms with Gasteiger partial charge in [0, 0.05) is 6.26 Å². The zero-order valence-corrected chi connectivity index (χ0v) is 13.2. The number of anilines is 1. The average Bonchev–Trinajstić information content (AvgIpc) is 2.47. The lowest BCUT2D eigenvalue weighted by Crippen LogP contribution is -2.23. The van der Waals surface area contributed by atoms with Crippen molar-refractivity contribution >= 4 is 15.5 Å². The number of halogens is 1. The number of hydrogen-bond acceptors (Lipinski definition) is 4. The fourth-order valence-electron chi connectivity index (χ4n) is 1.99. The van der Waals surface area contributed by atoms with Crippen molar-refractivity contribution in [2.75, 3.05) is 18.1 Å². The summed E-state index contributed by atoms with van der Waals surface area (Å²) >= 11 is 0. The van der Waals surface area contributed by atoms with Crippen LogP contribution < -0.4 is 10.1 Å². The minimum Gasteiger partial charge on any atom is -0.486 e. The lowest BCUT2D eigenvalue weighted by Gasteiger charge is -2.17. The molecule has 0 aliphatic heterocycles. The summed E-state index contributed by atoms with van der Waals surface area (Å²) < 4.78 is 42.4. The molecule has 0 radical (unpaired) electrons. The second-order valence-corrected chi connectivity index (χ2v) is 6.99. The van der Waals surface area contributed by atoms with Gasteiger partial charge in [-0.15, -0.1) is 0 Å². The summed E-state index contributed by atoms with van der Waals surface area (Å²) in [6, 6.07) is 12.8. The first-order valence-electron chi connectivity index (χ1n) is 6.82. The summed E-state index contributed by atoms with van der Waals surface area (Å²) in [4.78, 5) is 0.230. The molecule has 118 valence electrons. The molecule has 0 aliphatic carbocycles. The Bertz CT molecular complexity index is 747. The maximum atomic E-state index is 13.5. The molecule has 0 saturated carbocycles. The van der Waals surface area contributed by atoms with Crippen molar-refractivity contribution in [1.29, 1.82) is 0 Å². The van der Waals surface area contributed by atoms with E-state index in [2.05, 4.69) is 5.32 Å². The average molecular weight is 323 g/mol. The Morgan fingerprint density at radius 3 is 2.45 bits per heavy atom. The van der Waals surface area contributed by atoms with E-state index in [0.29, 0.717) is 12.2 Å². The van der Waals surface area contributed by atoms with Gasteiger partial charge in [-0.3, -0.25) is 0 Å². The van der Waals surface area contributed by atoms with E-state index < -0.39 is 15.7 Å². The van der Waals surface area contributed by atoms with Crippen molar-refractivity contribution in [3.63, 3.8) is 0 Å². The second kappa shape index (κ2) is 6.79. The molecule has 1 N–H and O–H groups in total. The van der Waals surface area contributed by atoms with E-state index in [9.17, 15) is 12.8 Å². The van der Waals surface area contributed by atoms with E-state index in [4.69, 9.17) is 4.74 Å². The summed E-state index contributed by atoms with van der Waals surface area (Å²) in [5.41, 5.74) is 0.508. The Hall–Kier alpha value is -2.08. The number of nitrogens with one attached hydrogen (secondary N) is 1. The van der Waals surface area contributed by atoms with E-state index >= 15 is 0 Å². The van der Waals surface area contributed by atoms with E-state index in [1.807, 2.05) is 0 Å². The van der Waals surface area contributed by atoms with Crippen LogP contribution in [0.3, 0.4) is 0 Å². The Kier molecular flexibility index (Phi) is 5.03. The molecule has 0 spiro atoms. The van der Waals surface area contributed by atoms with Gasteiger partial charge in [0.25, 0.3) is 0 Å². The van der Waals surface area contributed by atoms with Gasteiger partial charge in [-0.2, -0.15) is 0 Å². The lowest BCUT2D eigenvalue weighted by molar-refractivity contribution is 0.224. The van der Waals surface area contributed by atoms with Crippen LogP contribution in [-0.4, -0.2) is 27.3 Å². The standard InChI is InChI=1S/C16H18FNO3S/c1-12(21-15-9-5-3-7-13(15)17)11-18-14-8-4-6-10-16(14)22(2,19)20/h3-10,12,18H,11H2,1-2H3. The third-order valence-electron chi connectivity index (χ3n) is 3.03. The van der Waals surface area contributed by atoms with Crippen LogP contribution in [-0.2, 0) is 9.84 Å². The highest BCUT2D eigenvalue weighted by atomic mass is 32.2. The molecule has 2 aromatic carbocycles. The highest BCUT2D eigenvalue weighted by molar-refractivity contribution is 7.90. The minimum atomic E-state index is -3.31. The number of benzene rings is 2. The SMILES string of the molecule is CC(CNc1ccccc1S(C)(=O)=O)Oc1ccccc1F. The summed E-state index contributed by atoms with van der Waals surface area (Å²) in [6.07, 6.45) is 0.830. The number of hydrogen-bond donors (Lipinski definition) is 1. The van der Waals surface area contributed by atoms with E-state index in [1.165, 1.54) is 6.07 Å². The summed E-state index contributed by atoms with van der Waals surface area (Å²) in [7, 11) is -3.31. The van der Waals surface area contributed by atoms with Gasteiger partial charge in [0.2, 0.25) is 0 Å². The van der Waals surface area contributed by atoms with Gasteiger partial charge in [0.15, 0.2) is 21.4 Å². The van der Waals surface area contributed by atoms with Gasteiger partial charge < -0.3 is 10.1 Å². The van der Waals surface area contributed by atoms with Crippen molar-refractivity contribution in [2.24, 2.45) is 0 Å². The summed E-state index contributed by atoms with van der Waals surface area (Å²) in [6.45, 7) is 2.13. The zero-order chi connectivity index (χ0) is 16.2. The molecule has 1 atom stereocenters. The van der Waals surface area contributed by atoms with Gasteiger partial charge in [0.1, 0.15) is 6.10 Å². The molecule has 2 aromatic rings. The van der Waals surface area contributed by atoms with E-state index in [1.54, 1.807) is 49.4 Å². The molecule has 0 saturated heterocycles. The molecule has 0 fully saturated rings. The molecule has 4 nitrogen and oxygen atoms in total. The molecule has 0 heterocycles. The van der Waals surface area contributed by atoms with Crippen LogP contribution in [0.5, 0.6) is 5.75 Å². The number of sulfone groups is 1. The van der Waals surface area contributed by atoms with Crippen molar-refractivity contribution < 1.29 is 17.5 Å². The predicted molar refractivity (Wildman–Crippen MR) is 84.5 cm³/mol. The van der Waals surface area contributed by atoms with E-state index in [-0.39, 0.29) is 16.7 Å². The van der Waals surface area contributed by atoms with Crippen molar-refractivity contribution in [3.8, 4) is 5.75 Å². The maximum Gasteiger partial charge on any atom is 0.177 e. The maximum absolute atomic E-state index is 13.5. The quantitative estimate of drug-likeness (QED) is 0.887. The third kappa shape index (κ3) is 4.21. The molecule has 0 aromatic heterocycles. The summed E-state index contributed by atoms with van der Waals surface area (Å²) in [5.74, 6) is -0.251. The molecule has 22 heavy (non-hydrogen) atoms. The normalized spacial score (nSPS) is 12.7. The predicted octanol–water partition coefficient (Wildman–Crippen LogP) is 3.11. The first-order chi connectivity index (χ1) is 10.4. The molecule has 2 rings (SSSR count). The first-order valence-corrected chi connectivity index (χ1v) is 8.71. The van der Waals surface area contributed by atoms with Gasteiger partial charge in [-0.1, -0.05) is 24.3 Å². The van der Waals surface area contributed by atoms with Crippen molar-refractivity contribution in [3.05, 3.63) is 54.3 Å². The number of rotatable bonds is 6. The Morgan fingerprint density at radius 1 is 1.14 bits per heavy atom. The van der Waals surface area contributed by atoms with Crippen LogP contribution in [0.4, 0.5) is 10.1 Å². The lowest BCUT2D eigenvalue weighted by atomic mass is 10.3. The van der Waals surface area contributed by atoms with Crippen LogP contribution in [0.1, 0.15) is 6.92 Å². The Balaban J connectivity index is 2.03. The molecular weight excluding hydrogens is 305 g/mol. The molecular formula is C16H18FNO3S. The zero-order valence-electron chi connectivity index (χ0n) is 12.4. The molecule has 6 heteroatoms. The largest absolute Gasteiger partial charge is 0.486 e. The third-order valence-corrected chi connectivity index (χ3v) is 4.19. The van der Waals surface area contributed by atoms with Gasteiger partial charge in [0.05, 0.1) is 17.1 Å². The van der Waals surface area contributed by atoms with Gasteiger partial charge in [-0.25, -0.2) is 12.8 Å². The molecule has 0 aliphatic rings. The second-order valence-electron chi connectivity index (χ2n) is 5.01. The highest BCUT2D eigenvalue weighted by Crippen LogP contribution is 2.21. The van der Waals surface area contributed by atoms with Crippen molar-refractivity contribution in [2.45, 2.75) is 17.9 Å². The Morgan fingerprint density at radius 2 is 1.77 bits per heavy atom. The van der Waals surface area contributed by atoms with Gasteiger partial charge >= 0.3 is 0 Å². The van der Waals surface area contributed by atoms with Crippen LogP contribution >= 0.6 is 0 Å². The van der Waals surface area contributed by atoms with Crippen molar-refractivity contribution in [1.82, 2.24) is 0 Å². The highest BCUT2D eigenvalue weighted by Gasteiger charge is 2.14.